The highest BCUT2D eigenvalue weighted by atomic mass is 32.1. The van der Waals surface area contributed by atoms with Gasteiger partial charge in [0.15, 0.2) is 0 Å². The van der Waals surface area contributed by atoms with E-state index >= 15 is 0 Å². The summed E-state index contributed by atoms with van der Waals surface area (Å²) >= 11 is 1.51. The van der Waals surface area contributed by atoms with Crippen molar-refractivity contribution in [2.24, 2.45) is 0 Å². The molecule has 6 heteroatoms. The first kappa shape index (κ1) is 16.1. The van der Waals surface area contributed by atoms with E-state index in [0.717, 1.165) is 32.8 Å². The quantitative estimate of drug-likeness (QED) is 0.534. The van der Waals surface area contributed by atoms with Gasteiger partial charge in [0.05, 0.1) is 34.8 Å². The third-order valence-corrected chi connectivity index (χ3v) is 5.06. The molecule has 126 valence electrons. The summed E-state index contributed by atoms with van der Waals surface area (Å²) in [6, 6.07) is 17.8. The van der Waals surface area contributed by atoms with Gasteiger partial charge in [0.25, 0.3) is 0 Å². The molecule has 0 aliphatic carbocycles. The number of nitrogens with zero attached hydrogens (tertiary/aromatic N) is 3. The third kappa shape index (κ3) is 2.96. The number of aromatic nitrogens is 3. The molecule has 0 amide bonds. The van der Waals surface area contributed by atoms with Gasteiger partial charge in [-0.2, -0.15) is 10.4 Å². The van der Waals surface area contributed by atoms with Crippen molar-refractivity contribution < 1.29 is 4.74 Å². The van der Waals surface area contributed by atoms with E-state index in [0.29, 0.717) is 10.6 Å². The highest BCUT2D eigenvalue weighted by Crippen LogP contribution is 2.30. The molecule has 26 heavy (non-hydrogen) atoms. The Hall–Kier alpha value is -3.43. The van der Waals surface area contributed by atoms with E-state index in [1.165, 1.54) is 11.3 Å². The van der Waals surface area contributed by atoms with Gasteiger partial charge in [-0.05, 0) is 42.5 Å². The molecular formula is C20H14N4OS. The largest absolute Gasteiger partial charge is 0.497 e. The number of thiazole rings is 1. The van der Waals surface area contributed by atoms with E-state index < -0.39 is 0 Å². The highest BCUT2D eigenvalue weighted by molar-refractivity contribution is 7.19. The lowest BCUT2D eigenvalue weighted by Crippen LogP contribution is -1.85. The summed E-state index contributed by atoms with van der Waals surface area (Å²) in [4.78, 5) is 4.57. The minimum absolute atomic E-state index is 0.516. The Bertz CT molecular complexity index is 1100. The molecular weight excluding hydrogens is 344 g/mol. The minimum Gasteiger partial charge on any atom is -0.497 e. The Balaban J connectivity index is 1.75. The van der Waals surface area contributed by atoms with E-state index in [-0.39, 0.29) is 0 Å². The van der Waals surface area contributed by atoms with Crippen LogP contribution in [0.1, 0.15) is 10.6 Å². The summed E-state index contributed by atoms with van der Waals surface area (Å²) in [5.41, 5.74) is 4.07. The van der Waals surface area contributed by atoms with E-state index in [1.54, 1.807) is 13.3 Å². The maximum Gasteiger partial charge on any atom is 0.135 e. The Kier molecular flexibility index (Phi) is 4.22. The predicted octanol–water partition coefficient (Wildman–Crippen LogP) is 4.76. The number of allylic oxidation sites excluding steroid dienone is 1. The number of benzene rings is 2. The fourth-order valence-corrected chi connectivity index (χ4v) is 3.61. The van der Waals surface area contributed by atoms with Gasteiger partial charge < -0.3 is 4.74 Å². The van der Waals surface area contributed by atoms with Gasteiger partial charge in [0, 0.05) is 11.1 Å². The van der Waals surface area contributed by atoms with Crippen LogP contribution in [-0.4, -0.2) is 22.3 Å². The molecule has 0 atom stereocenters. The number of hydrogen-bond acceptors (Lipinski definition) is 5. The maximum absolute atomic E-state index is 9.63. The van der Waals surface area contributed by atoms with E-state index in [9.17, 15) is 5.26 Å². The van der Waals surface area contributed by atoms with Crippen LogP contribution in [0.3, 0.4) is 0 Å². The molecule has 2 heterocycles. The minimum atomic E-state index is 0.516. The Morgan fingerprint density at radius 3 is 2.73 bits per heavy atom. The van der Waals surface area contributed by atoms with E-state index in [1.807, 2.05) is 54.6 Å². The molecule has 0 bridgehead atoms. The molecule has 5 nitrogen and oxygen atoms in total. The van der Waals surface area contributed by atoms with Crippen molar-refractivity contribution >= 4 is 33.2 Å². The number of rotatable bonds is 4. The number of nitrogens with one attached hydrogen (secondary N) is 1. The average Bonchev–Trinajstić information content (AvgIpc) is 3.32. The third-order valence-electron chi connectivity index (χ3n) is 3.99. The van der Waals surface area contributed by atoms with Gasteiger partial charge in [-0.15, -0.1) is 11.3 Å². The van der Waals surface area contributed by atoms with Crippen molar-refractivity contribution in [3.8, 4) is 23.1 Å². The van der Waals surface area contributed by atoms with E-state index in [4.69, 9.17) is 4.74 Å². The zero-order chi connectivity index (χ0) is 17.9. The molecule has 2 aromatic heterocycles. The van der Waals surface area contributed by atoms with Crippen LogP contribution in [0.4, 0.5) is 0 Å². The normalized spacial score (nSPS) is 11.5. The summed E-state index contributed by atoms with van der Waals surface area (Å²) in [6.45, 7) is 0. The molecule has 0 unspecified atom stereocenters. The second-order valence-electron chi connectivity index (χ2n) is 5.59. The van der Waals surface area contributed by atoms with Gasteiger partial charge in [-0.3, -0.25) is 5.10 Å². The van der Waals surface area contributed by atoms with Crippen molar-refractivity contribution in [1.82, 2.24) is 15.2 Å². The summed E-state index contributed by atoms with van der Waals surface area (Å²) in [7, 11) is 1.64. The zero-order valence-corrected chi connectivity index (χ0v) is 14.7. The number of para-hydroxylation sites is 1. The smallest absolute Gasteiger partial charge is 0.135 e. The number of methoxy groups -OCH3 is 1. The molecule has 0 spiro atoms. The Labute approximate surface area is 154 Å². The van der Waals surface area contributed by atoms with Crippen LogP contribution < -0.4 is 4.74 Å². The summed E-state index contributed by atoms with van der Waals surface area (Å²) in [5, 5.41) is 17.5. The van der Waals surface area contributed by atoms with Crippen molar-refractivity contribution in [2.45, 2.75) is 0 Å². The fourth-order valence-electron chi connectivity index (χ4n) is 2.68. The summed E-state index contributed by atoms with van der Waals surface area (Å²) in [5.74, 6) is 0.789. The molecule has 0 radical (unpaired) electrons. The van der Waals surface area contributed by atoms with Gasteiger partial charge in [-0.1, -0.05) is 12.1 Å². The molecule has 0 saturated carbocycles. The summed E-state index contributed by atoms with van der Waals surface area (Å²) < 4.78 is 6.26. The SMILES string of the molecule is COc1ccc(-c2[nH]ncc2/C=C(\C#N)c2nc3ccccc3s2)cc1. The Morgan fingerprint density at radius 1 is 1.19 bits per heavy atom. The number of fused-ring (bicyclic) bond motifs is 1. The number of nitriles is 1. The van der Waals surface area contributed by atoms with E-state index in [2.05, 4.69) is 21.3 Å². The molecule has 0 aliphatic rings. The van der Waals surface area contributed by atoms with Crippen LogP contribution in [-0.2, 0) is 0 Å². The van der Waals surface area contributed by atoms with Crippen molar-refractivity contribution in [2.75, 3.05) is 7.11 Å². The molecule has 4 aromatic rings. The molecule has 2 aromatic carbocycles. The lowest BCUT2D eigenvalue weighted by molar-refractivity contribution is 0.415. The van der Waals surface area contributed by atoms with Crippen LogP contribution in [0.2, 0.25) is 0 Å². The highest BCUT2D eigenvalue weighted by Gasteiger charge is 2.12. The molecule has 4 rings (SSSR count). The molecule has 0 aliphatic heterocycles. The number of ether oxygens (including phenoxy) is 1. The van der Waals surface area contributed by atoms with Crippen LogP contribution in [0.5, 0.6) is 5.75 Å². The topological polar surface area (TPSA) is 74.6 Å². The molecule has 1 N–H and O–H groups in total. The first-order chi connectivity index (χ1) is 12.8. The number of aromatic amines is 1. The number of H-pyrrole nitrogens is 1. The van der Waals surface area contributed by atoms with Gasteiger partial charge in [0.1, 0.15) is 16.8 Å². The fraction of sp³-hybridized carbons (Fsp3) is 0.0500. The van der Waals surface area contributed by atoms with Crippen LogP contribution in [0.15, 0.2) is 54.7 Å². The predicted molar refractivity (Wildman–Crippen MR) is 104 cm³/mol. The van der Waals surface area contributed by atoms with Crippen LogP contribution in [0, 0.1) is 11.3 Å². The lowest BCUT2D eigenvalue weighted by Gasteiger charge is -2.03. The second kappa shape index (κ2) is 6.82. The standard InChI is InChI=1S/C20H14N4OS/c1-25-16-8-6-13(7-9-16)19-15(12-22-24-19)10-14(11-21)20-23-17-4-2-3-5-18(17)26-20/h2-10,12H,1H3,(H,22,24)/b14-10+. The van der Waals surface area contributed by atoms with Crippen molar-refractivity contribution in [3.05, 3.63) is 65.3 Å². The van der Waals surface area contributed by atoms with Crippen LogP contribution in [0.25, 0.3) is 33.1 Å². The summed E-state index contributed by atoms with van der Waals surface area (Å²) in [6.07, 6.45) is 3.53. The second-order valence-corrected chi connectivity index (χ2v) is 6.62. The first-order valence-electron chi connectivity index (χ1n) is 7.94. The van der Waals surface area contributed by atoms with Gasteiger partial charge in [0.2, 0.25) is 0 Å². The zero-order valence-electron chi connectivity index (χ0n) is 13.9. The van der Waals surface area contributed by atoms with Gasteiger partial charge in [-0.25, -0.2) is 4.98 Å². The molecule has 0 saturated heterocycles. The molecule has 0 fully saturated rings. The maximum atomic E-state index is 9.63. The van der Waals surface area contributed by atoms with Gasteiger partial charge >= 0.3 is 0 Å². The van der Waals surface area contributed by atoms with Crippen molar-refractivity contribution in [3.63, 3.8) is 0 Å². The first-order valence-corrected chi connectivity index (χ1v) is 8.75. The lowest BCUT2D eigenvalue weighted by atomic mass is 10.1. The van der Waals surface area contributed by atoms with Crippen molar-refractivity contribution in [1.29, 1.82) is 5.26 Å². The Morgan fingerprint density at radius 2 is 2.00 bits per heavy atom. The number of hydrogen-bond donors (Lipinski definition) is 1. The van der Waals surface area contributed by atoms with Crippen LogP contribution >= 0.6 is 11.3 Å². The monoisotopic (exact) mass is 358 g/mol. The average molecular weight is 358 g/mol.